The lowest BCUT2D eigenvalue weighted by Crippen LogP contribution is -1.97. The largest absolute Gasteiger partial charge is 0.0622 e. The molecule has 1 aliphatic rings. The topological polar surface area (TPSA) is 0 Å². The average molecular weight is 819 g/mol. The van der Waals surface area contributed by atoms with Gasteiger partial charge in [-0.2, -0.15) is 0 Å². The van der Waals surface area contributed by atoms with E-state index in [0.29, 0.717) is 0 Å². The van der Waals surface area contributed by atoms with Crippen molar-refractivity contribution < 1.29 is 0 Å². The zero-order valence-corrected chi connectivity index (χ0v) is 35.5. The second kappa shape index (κ2) is 13.1. The molecule has 0 aliphatic heterocycles. The molecule has 1 aliphatic carbocycles. The molecule has 0 fully saturated rings. The van der Waals surface area contributed by atoms with E-state index in [1.807, 2.05) is 0 Å². The van der Waals surface area contributed by atoms with E-state index in [1.165, 1.54) is 153 Å². The molecule has 0 amide bonds. The summed E-state index contributed by atoms with van der Waals surface area (Å²) < 4.78 is 0. The molecule has 0 N–H and O–H groups in total. The number of benzene rings is 12. The molecule has 0 heteroatoms. The van der Waals surface area contributed by atoms with Crippen molar-refractivity contribution >= 4 is 86.2 Å². The van der Waals surface area contributed by atoms with Crippen LogP contribution >= 0.6 is 0 Å². The predicted octanol–water partition coefficient (Wildman–Crippen LogP) is 18.0. The number of hydrogen-bond acceptors (Lipinski definition) is 0. The molecular weight excluding hydrogens is 781 g/mol. The first-order valence-electron chi connectivity index (χ1n) is 22.9. The van der Waals surface area contributed by atoms with Gasteiger partial charge in [0.1, 0.15) is 0 Å². The minimum absolute atomic E-state index is 0.788. The average Bonchev–Trinajstić information content (AvgIpc) is 3.99. The Hall–Kier alpha value is -8.32. The van der Waals surface area contributed by atoms with Gasteiger partial charge in [-0.15, -0.1) is 0 Å². The van der Waals surface area contributed by atoms with Crippen LogP contribution in [0.25, 0.3) is 142 Å². The van der Waals surface area contributed by atoms with E-state index in [9.17, 15) is 0 Å². The van der Waals surface area contributed by atoms with Gasteiger partial charge >= 0.3 is 0 Å². The van der Waals surface area contributed by atoms with Crippen LogP contribution in [0.3, 0.4) is 0 Å². The minimum atomic E-state index is 0.788. The fraction of sp³-hybridized carbons (Fsp3) is 0.0154. The Bertz CT molecular complexity index is 4230. The fourth-order valence-electron chi connectivity index (χ4n) is 12.2. The van der Waals surface area contributed by atoms with Gasteiger partial charge in [-0.05, 0) is 184 Å². The van der Waals surface area contributed by atoms with Crippen LogP contribution in [0.1, 0.15) is 11.1 Å². The summed E-state index contributed by atoms with van der Waals surface area (Å²) in [6.07, 6.45) is 0.788. The molecule has 15 rings (SSSR count). The van der Waals surface area contributed by atoms with Crippen molar-refractivity contribution in [1.82, 2.24) is 0 Å². The highest BCUT2D eigenvalue weighted by atomic mass is 14.3. The van der Waals surface area contributed by atoms with Crippen LogP contribution < -0.4 is 0 Å². The van der Waals surface area contributed by atoms with Crippen LogP contribution in [0.15, 0.2) is 218 Å². The normalized spacial score (nSPS) is 12.4. The predicted molar refractivity (Wildman–Crippen MR) is 279 cm³/mol. The summed E-state index contributed by atoms with van der Waals surface area (Å²) in [5.74, 6) is 0. The number of rotatable bonds is 5. The molecule has 0 saturated heterocycles. The smallest absolute Gasteiger partial charge is 0.000705 e. The summed E-state index contributed by atoms with van der Waals surface area (Å²) in [5, 5.41) is 21.3. The van der Waals surface area contributed by atoms with Crippen molar-refractivity contribution in [2.45, 2.75) is 6.42 Å². The molecule has 0 spiro atoms. The Balaban J connectivity index is 1.16. The summed E-state index contributed by atoms with van der Waals surface area (Å²) in [6.45, 7) is 0. The van der Waals surface area contributed by atoms with Crippen molar-refractivity contribution in [3.8, 4) is 55.6 Å². The molecule has 14 aromatic carbocycles. The van der Waals surface area contributed by atoms with Crippen LogP contribution in [0.5, 0.6) is 0 Å². The molecule has 0 nitrogen and oxygen atoms in total. The number of hydrogen-bond donors (Lipinski definition) is 0. The third-order valence-corrected chi connectivity index (χ3v) is 15.0. The molecule has 0 bridgehead atoms. The van der Waals surface area contributed by atoms with Crippen molar-refractivity contribution in [2.24, 2.45) is 0 Å². The quantitative estimate of drug-likeness (QED) is 0.162. The van der Waals surface area contributed by atoms with Crippen molar-refractivity contribution in [3.05, 3.63) is 230 Å². The third-order valence-electron chi connectivity index (χ3n) is 15.0. The van der Waals surface area contributed by atoms with Gasteiger partial charge < -0.3 is 0 Å². The Morgan fingerprint density at radius 3 is 1.42 bits per heavy atom. The van der Waals surface area contributed by atoms with Crippen molar-refractivity contribution in [3.63, 3.8) is 0 Å². The van der Waals surface area contributed by atoms with Gasteiger partial charge in [0, 0.05) is 0 Å². The molecule has 65 heavy (non-hydrogen) atoms. The lowest BCUT2D eigenvalue weighted by Gasteiger charge is -2.20. The number of fused-ring (bicyclic) bond motifs is 11. The minimum Gasteiger partial charge on any atom is -0.0622 e. The molecule has 0 unspecified atom stereocenters. The van der Waals surface area contributed by atoms with Gasteiger partial charge in [0.25, 0.3) is 0 Å². The SMILES string of the molecule is c1ccc(-c2ccccc2Cc2c3cc4c(cc3c(-c3ccccc3-c3ccccc3)c3c5ccc6c7c(ccc(c23)c75)-c2cc3ccccc3cc2-6)c2cccc3cccc4c32)cc1. The van der Waals surface area contributed by atoms with Crippen molar-refractivity contribution in [1.29, 1.82) is 0 Å². The summed E-state index contributed by atoms with van der Waals surface area (Å²) in [4.78, 5) is 0. The van der Waals surface area contributed by atoms with E-state index in [1.54, 1.807) is 0 Å². The molecular formula is C65H38. The zero-order chi connectivity index (χ0) is 42.3. The van der Waals surface area contributed by atoms with E-state index in [-0.39, 0.29) is 0 Å². The fourth-order valence-corrected chi connectivity index (χ4v) is 12.2. The van der Waals surface area contributed by atoms with E-state index >= 15 is 0 Å². The summed E-state index contributed by atoms with van der Waals surface area (Å²) in [6, 6.07) is 82.5. The highest BCUT2D eigenvalue weighted by Crippen LogP contribution is 2.57. The first-order chi connectivity index (χ1) is 32.3. The summed E-state index contributed by atoms with van der Waals surface area (Å²) in [5.41, 5.74) is 15.6. The monoisotopic (exact) mass is 818 g/mol. The summed E-state index contributed by atoms with van der Waals surface area (Å²) >= 11 is 0. The standard InChI is InChI=1S/C65H38/c1-3-15-38(16-4-1)44-24-10-9-21-43(44)35-58-57-36-55-47-27-13-22-40-23-14-28-48(60(40)47)56(55)37-59(57)62(46-26-12-11-25-45(46)39-17-5-2-6-18-39)65-52-32-30-50-54-34-42-20-8-7-19-41(42)33-53(54)49-29-31-51(64(58)65)63(52)61(49)50/h1-34,36-37H,35H2. The maximum atomic E-state index is 2.58. The first-order valence-corrected chi connectivity index (χ1v) is 22.9. The maximum absolute atomic E-state index is 2.58. The van der Waals surface area contributed by atoms with Gasteiger partial charge in [-0.25, -0.2) is 0 Å². The second-order valence-electron chi connectivity index (χ2n) is 18.2. The molecule has 0 atom stereocenters. The van der Waals surface area contributed by atoms with Crippen LogP contribution in [0.4, 0.5) is 0 Å². The Morgan fingerprint density at radius 1 is 0.231 bits per heavy atom. The van der Waals surface area contributed by atoms with Crippen molar-refractivity contribution in [2.75, 3.05) is 0 Å². The van der Waals surface area contributed by atoms with Crippen LogP contribution in [-0.4, -0.2) is 0 Å². The maximum Gasteiger partial charge on any atom is -0.000705 e. The van der Waals surface area contributed by atoms with Gasteiger partial charge in [0.2, 0.25) is 0 Å². The molecule has 0 radical (unpaired) electrons. The summed E-state index contributed by atoms with van der Waals surface area (Å²) in [7, 11) is 0. The van der Waals surface area contributed by atoms with Gasteiger partial charge in [-0.1, -0.05) is 194 Å². The molecule has 14 aromatic rings. The molecule has 298 valence electrons. The second-order valence-corrected chi connectivity index (χ2v) is 18.2. The van der Waals surface area contributed by atoms with Crippen LogP contribution in [0, 0.1) is 0 Å². The lowest BCUT2D eigenvalue weighted by atomic mass is 9.83. The van der Waals surface area contributed by atoms with E-state index in [4.69, 9.17) is 0 Å². The Kier molecular flexibility index (Phi) is 7.10. The highest BCUT2D eigenvalue weighted by molar-refractivity contribution is 6.42. The van der Waals surface area contributed by atoms with E-state index in [2.05, 4.69) is 218 Å². The molecule has 0 heterocycles. The molecule has 0 aromatic heterocycles. The van der Waals surface area contributed by atoms with Crippen LogP contribution in [-0.2, 0) is 6.42 Å². The van der Waals surface area contributed by atoms with Gasteiger partial charge in [0.05, 0.1) is 0 Å². The molecule has 0 saturated carbocycles. The van der Waals surface area contributed by atoms with E-state index < -0.39 is 0 Å². The van der Waals surface area contributed by atoms with Crippen LogP contribution in [0.2, 0.25) is 0 Å². The zero-order valence-electron chi connectivity index (χ0n) is 35.5. The van der Waals surface area contributed by atoms with E-state index in [0.717, 1.165) is 6.42 Å². The Morgan fingerprint density at radius 2 is 0.754 bits per heavy atom. The van der Waals surface area contributed by atoms with Gasteiger partial charge in [-0.3, -0.25) is 0 Å². The van der Waals surface area contributed by atoms with Gasteiger partial charge in [0.15, 0.2) is 0 Å². The lowest BCUT2D eigenvalue weighted by molar-refractivity contribution is 1.24. The highest BCUT2D eigenvalue weighted by Gasteiger charge is 2.30. The Labute approximate surface area is 375 Å². The third kappa shape index (κ3) is 4.81. The first kappa shape index (κ1) is 35.2.